The molecule has 0 N–H and O–H groups in total. The summed E-state index contributed by atoms with van der Waals surface area (Å²) in [5, 5.41) is 2.93. The van der Waals surface area contributed by atoms with Crippen LogP contribution in [0.3, 0.4) is 0 Å². The summed E-state index contributed by atoms with van der Waals surface area (Å²) in [4.78, 5) is 31.0. The topological polar surface area (TPSA) is 90.4 Å². The zero-order valence-corrected chi connectivity index (χ0v) is 18.7. The van der Waals surface area contributed by atoms with Crippen molar-refractivity contribution in [3.05, 3.63) is 35.9 Å². The Kier molecular flexibility index (Phi) is 7.45. The van der Waals surface area contributed by atoms with E-state index in [0.717, 1.165) is 4.90 Å². The highest BCUT2D eigenvalue weighted by molar-refractivity contribution is 8.00. The van der Waals surface area contributed by atoms with Gasteiger partial charge in [-0.05, 0) is 30.7 Å². The van der Waals surface area contributed by atoms with Gasteiger partial charge in [0.05, 0.1) is 34.2 Å². The summed E-state index contributed by atoms with van der Waals surface area (Å²) >= 11 is 1.37. The minimum atomic E-state index is -0.339. The number of thioether (sulfide) groups is 1. The number of pyridine rings is 1. The summed E-state index contributed by atoms with van der Waals surface area (Å²) < 4.78 is 20.9. The van der Waals surface area contributed by atoms with Crippen LogP contribution in [0, 0.1) is 0 Å². The zero-order valence-electron chi connectivity index (χ0n) is 17.9. The lowest BCUT2D eigenvalue weighted by atomic mass is 10.2. The van der Waals surface area contributed by atoms with E-state index < -0.39 is 0 Å². The second kappa shape index (κ2) is 10.3. The highest BCUT2D eigenvalue weighted by Crippen LogP contribution is 2.32. The van der Waals surface area contributed by atoms with Gasteiger partial charge in [0.1, 0.15) is 5.56 Å². The average Bonchev–Trinajstić information content (AvgIpc) is 3.31. The van der Waals surface area contributed by atoms with Gasteiger partial charge in [0.2, 0.25) is 11.8 Å². The second-order valence-electron chi connectivity index (χ2n) is 6.51. The van der Waals surface area contributed by atoms with Crippen molar-refractivity contribution < 1.29 is 28.5 Å². The highest BCUT2D eigenvalue weighted by Gasteiger charge is 2.33. The van der Waals surface area contributed by atoms with Crippen molar-refractivity contribution in [1.82, 2.24) is 15.0 Å². The van der Waals surface area contributed by atoms with Crippen LogP contribution in [0.25, 0.3) is 0 Å². The van der Waals surface area contributed by atoms with Crippen LogP contribution in [-0.2, 0) is 4.79 Å². The van der Waals surface area contributed by atoms with E-state index in [-0.39, 0.29) is 29.0 Å². The van der Waals surface area contributed by atoms with Crippen LogP contribution in [0.2, 0.25) is 0 Å². The third-order valence-corrected chi connectivity index (χ3v) is 5.72. The van der Waals surface area contributed by atoms with Gasteiger partial charge in [0, 0.05) is 24.1 Å². The Hall–Kier alpha value is -3.14. The molecule has 0 radical (unpaired) electrons. The van der Waals surface area contributed by atoms with Crippen molar-refractivity contribution in [1.29, 1.82) is 0 Å². The van der Waals surface area contributed by atoms with E-state index >= 15 is 0 Å². The van der Waals surface area contributed by atoms with Crippen LogP contribution >= 0.6 is 11.8 Å². The van der Waals surface area contributed by atoms with Crippen molar-refractivity contribution >= 4 is 23.6 Å². The summed E-state index contributed by atoms with van der Waals surface area (Å²) in [6, 6.07) is 8.65. The maximum atomic E-state index is 13.1. The van der Waals surface area contributed by atoms with Gasteiger partial charge in [-0.1, -0.05) is 0 Å². The predicted octanol–water partition coefficient (Wildman–Crippen LogP) is 2.50. The number of carbonyl (C=O) groups excluding carboxylic acids is 2. The fourth-order valence-corrected chi connectivity index (χ4v) is 4.00. The Labute approximate surface area is 185 Å². The van der Waals surface area contributed by atoms with E-state index in [1.807, 2.05) is 12.1 Å². The third kappa shape index (κ3) is 4.96. The lowest BCUT2D eigenvalue weighted by Crippen LogP contribution is -2.45. The molecule has 0 saturated carbocycles. The number of amides is 2. The quantitative estimate of drug-likeness (QED) is 0.570. The molecule has 0 aliphatic carbocycles. The first-order valence-electron chi connectivity index (χ1n) is 9.58. The van der Waals surface area contributed by atoms with Gasteiger partial charge in [-0.3, -0.25) is 14.6 Å². The van der Waals surface area contributed by atoms with Crippen LogP contribution < -0.4 is 18.9 Å². The van der Waals surface area contributed by atoms with Crippen LogP contribution in [0.1, 0.15) is 16.8 Å². The van der Waals surface area contributed by atoms with Crippen molar-refractivity contribution in [2.45, 2.75) is 11.3 Å². The Morgan fingerprint density at radius 1 is 0.935 bits per heavy atom. The number of nitrogens with zero attached hydrogens (tertiary/aromatic N) is 3. The number of rotatable bonds is 8. The van der Waals surface area contributed by atoms with Gasteiger partial charge in [-0.2, -0.15) is 4.98 Å². The second-order valence-corrected chi connectivity index (χ2v) is 7.56. The maximum absolute atomic E-state index is 13.1. The fraction of sp³-hybridized carbons (Fsp3) is 0.381. The molecule has 0 spiro atoms. The monoisotopic (exact) mass is 447 g/mol. The molecule has 1 aromatic carbocycles. The zero-order chi connectivity index (χ0) is 22.4. The first-order valence-corrected chi connectivity index (χ1v) is 10.6. The van der Waals surface area contributed by atoms with Crippen LogP contribution in [0.5, 0.6) is 23.3 Å². The molecule has 3 rings (SSSR count). The molecule has 0 bridgehead atoms. The average molecular weight is 448 g/mol. The fourth-order valence-electron chi connectivity index (χ4n) is 3.20. The first-order chi connectivity index (χ1) is 15.0. The van der Waals surface area contributed by atoms with Crippen LogP contribution in [0.15, 0.2) is 35.2 Å². The van der Waals surface area contributed by atoms with E-state index in [1.54, 1.807) is 32.4 Å². The minimum Gasteiger partial charge on any atom is -0.493 e. The number of hydrogen-bond acceptors (Lipinski definition) is 8. The molecule has 1 fully saturated rings. The number of hydrogen-bond donors (Lipinski definition) is 0. The summed E-state index contributed by atoms with van der Waals surface area (Å²) in [6.07, 6.45) is 0.699. The van der Waals surface area contributed by atoms with E-state index in [4.69, 9.17) is 18.9 Å². The molecule has 166 valence electrons. The van der Waals surface area contributed by atoms with Crippen molar-refractivity contribution in [2.24, 2.45) is 0 Å². The molecule has 1 aliphatic heterocycles. The largest absolute Gasteiger partial charge is 0.493 e. The number of benzene rings is 1. The van der Waals surface area contributed by atoms with Crippen molar-refractivity contribution in [3.63, 3.8) is 0 Å². The normalized spacial score (nSPS) is 13.2. The molecule has 9 nitrogen and oxygen atoms in total. The minimum absolute atomic E-state index is 0.156. The number of ether oxygens (including phenoxy) is 4. The van der Waals surface area contributed by atoms with E-state index in [2.05, 4.69) is 4.98 Å². The molecule has 1 saturated heterocycles. The molecular weight excluding hydrogens is 422 g/mol. The SMILES string of the molecule is COc1ccc(C(=O)N2CCCN2C(=O)CSc2ccc(OC)c(OC)c2)c(OC)n1. The van der Waals surface area contributed by atoms with Gasteiger partial charge < -0.3 is 18.9 Å². The summed E-state index contributed by atoms with van der Waals surface area (Å²) in [7, 11) is 6.05. The maximum Gasteiger partial charge on any atom is 0.277 e. The van der Waals surface area contributed by atoms with Crippen molar-refractivity contribution in [3.8, 4) is 23.3 Å². The standard InChI is InChI=1S/C21H25N3O6S/c1-27-16-8-6-14(12-17(16)28-2)31-13-19(25)23-10-5-11-24(23)21(26)15-7-9-18(29-3)22-20(15)30-4/h6-9,12H,5,10-11,13H2,1-4H3. The third-order valence-electron chi connectivity index (χ3n) is 4.74. The molecule has 2 aromatic rings. The lowest BCUT2D eigenvalue weighted by molar-refractivity contribution is -0.137. The number of carbonyl (C=O) groups is 2. The Balaban J connectivity index is 1.70. The lowest BCUT2D eigenvalue weighted by Gasteiger charge is -2.28. The number of hydrazine groups is 1. The van der Waals surface area contributed by atoms with Gasteiger partial charge in [-0.25, -0.2) is 5.01 Å². The smallest absolute Gasteiger partial charge is 0.277 e. The molecule has 0 atom stereocenters. The van der Waals surface area contributed by atoms with Crippen molar-refractivity contribution in [2.75, 3.05) is 47.3 Å². The summed E-state index contributed by atoms with van der Waals surface area (Å²) in [6.45, 7) is 0.920. The van der Waals surface area contributed by atoms with E-state index in [0.29, 0.717) is 36.9 Å². The Morgan fingerprint density at radius 2 is 1.68 bits per heavy atom. The van der Waals surface area contributed by atoms with Gasteiger partial charge >= 0.3 is 0 Å². The van der Waals surface area contributed by atoms with Gasteiger partial charge in [0.25, 0.3) is 11.8 Å². The molecule has 1 aliphatic rings. The molecule has 2 amide bonds. The molecular formula is C21H25N3O6S. The van der Waals surface area contributed by atoms with E-state index in [9.17, 15) is 9.59 Å². The summed E-state index contributed by atoms with van der Waals surface area (Å²) in [5.74, 6) is 1.39. The van der Waals surface area contributed by atoms with Crippen LogP contribution in [-0.4, -0.2) is 74.1 Å². The van der Waals surface area contributed by atoms with E-state index in [1.165, 1.54) is 36.0 Å². The van der Waals surface area contributed by atoms with Gasteiger partial charge in [-0.15, -0.1) is 11.8 Å². The number of methoxy groups -OCH3 is 4. The Morgan fingerprint density at radius 3 is 2.35 bits per heavy atom. The van der Waals surface area contributed by atoms with Crippen LogP contribution in [0.4, 0.5) is 0 Å². The number of aromatic nitrogens is 1. The predicted molar refractivity (Wildman–Crippen MR) is 115 cm³/mol. The molecule has 10 heteroatoms. The first kappa shape index (κ1) is 22.5. The molecule has 2 heterocycles. The molecule has 1 aromatic heterocycles. The van der Waals surface area contributed by atoms with Gasteiger partial charge in [0.15, 0.2) is 11.5 Å². The molecule has 31 heavy (non-hydrogen) atoms. The highest BCUT2D eigenvalue weighted by atomic mass is 32.2. The molecule has 0 unspecified atom stereocenters. The Bertz CT molecular complexity index is 955. The summed E-state index contributed by atoms with van der Waals surface area (Å²) in [5.41, 5.74) is 0.274.